The summed E-state index contributed by atoms with van der Waals surface area (Å²) in [6.07, 6.45) is 4.71. The van der Waals surface area contributed by atoms with Gasteiger partial charge in [0.15, 0.2) is 5.03 Å². The van der Waals surface area contributed by atoms with Crippen molar-refractivity contribution in [3.05, 3.63) is 58.7 Å². The Kier molecular flexibility index (Phi) is 5.11. The SMILES string of the molecule is O=S(=O)(c1ccc(Cl)cn1)C1(c2cc(F)ccc2F)CCCCCC1. The molecule has 3 nitrogen and oxygen atoms in total. The number of rotatable bonds is 3. The highest BCUT2D eigenvalue weighted by Gasteiger charge is 2.48. The van der Waals surface area contributed by atoms with Gasteiger partial charge in [-0.25, -0.2) is 22.2 Å². The Morgan fingerprint density at radius 1 is 1.00 bits per heavy atom. The van der Waals surface area contributed by atoms with Crippen LogP contribution in [0.15, 0.2) is 41.6 Å². The summed E-state index contributed by atoms with van der Waals surface area (Å²) in [5, 5.41) is 0.147. The van der Waals surface area contributed by atoms with Gasteiger partial charge in [-0.2, -0.15) is 0 Å². The summed E-state index contributed by atoms with van der Waals surface area (Å²) in [4.78, 5) is 3.94. The molecule has 1 heterocycles. The van der Waals surface area contributed by atoms with E-state index in [4.69, 9.17) is 11.6 Å². The van der Waals surface area contributed by atoms with Crippen molar-refractivity contribution in [1.82, 2.24) is 4.98 Å². The average molecular weight is 386 g/mol. The minimum atomic E-state index is -4.03. The highest BCUT2D eigenvalue weighted by molar-refractivity contribution is 7.92. The number of hydrogen-bond donors (Lipinski definition) is 0. The van der Waals surface area contributed by atoms with Crippen LogP contribution in [0, 0.1) is 11.6 Å². The zero-order valence-corrected chi connectivity index (χ0v) is 15.1. The van der Waals surface area contributed by atoms with Crippen LogP contribution < -0.4 is 0 Å². The third kappa shape index (κ3) is 3.29. The molecule has 0 saturated heterocycles. The standard InChI is InChI=1S/C18H18ClF2NO2S/c19-13-5-8-17(22-12-13)25(23,24)18(9-3-1-2-4-10-18)15-11-14(20)6-7-16(15)21/h5-8,11-12H,1-4,9-10H2. The highest BCUT2D eigenvalue weighted by atomic mass is 35.5. The molecular formula is C18H18ClF2NO2S. The summed E-state index contributed by atoms with van der Waals surface area (Å²) in [5.74, 6) is -1.36. The minimum absolute atomic E-state index is 0.105. The van der Waals surface area contributed by atoms with Crippen LogP contribution in [0.1, 0.15) is 44.1 Å². The molecular weight excluding hydrogens is 368 g/mol. The van der Waals surface area contributed by atoms with Gasteiger partial charge in [-0.15, -0.1) is 0 Å². The van der Waals surface area contributed by atoms with E-state index in [0.29, 0.717) is 17.9 Å². The van der Waals surface area contributed by atoms with Crippen molar-refractivity contribution >= 4 is 21.4 Å². The lowest BCUT2D eigenvalue weighted by atomic mass is 9.90. The fourth-order valence-electron chi connectivity index (χ4n) is 3.55. The average Bonchev–Trinajstić information content (AvgIpc) is 2.84. The molecule has 0 spiro atoms. The van der Waals surface area contributed by atoms with Crippen molar-refractivity contribution in [3.63, 3.8) is 0 Å². The fourth-order valence-corrected chi connectivity index (χ4v) is 5.77. The van der Waals surface area contributed by atoms with Crippen LogP contribution in [-0.4, -0.2) is 13.4 Å². The predicted molar refractivity (Wildman–Crippen MR) is 92.2 cm³/mol. The molecule has 0 atom stereocenters. The van der Waals surface area contributed by atoms with Gasteiger partial charge in [0, 0.05) is 11.8 Å². The smallest absolute Gasteiger partial charge is 0.205 e. The predicted octanol–water partition coefficient (Wildman–Crippen LogP) is 5.04. The Morgan fingerprint density at radius 2 is 1.68 bits per heavy atom. The molecule has 1 fully saturated rings. The van der Waals surface area contributed by atoms with Gasteiger partial charge in [0.25, 0.3) is 0 Å². The van der Waals surface area contributed by atoms with Crippen LogP contribution in [0.25, 0.3) is 0 Å². The van der Waals surface area contributed by atoms with E-state index in [9.17, 15) is 17.2 Å². The van der Waals surface area contributed by atoms with Gasteiger partial charge in [-0.1, -0.05) is 37.3 Å². The van der Waals surface area contributed by atoms with Crippen LogP contribution in [0.4, 0.5) is 8.78 Å². The Labute approximate surface area is 151 Å². The van der Waals surface area contributed by atoms with E-state index >= 15 is 0 Å². The zero-order chi connectivity index (χ0) is 18.1. The van der Waals surface area contributed by atoms with Gasteiger partial charge in [-0.3, -0.25) is 0 Å². The fraction of sp³-hybridized carbons (Fsp3) is 0.389. The van der Waals surface area contributed by atoms with Crippen molar-refractivity contribution in [2.45, 2.75) is 48.3 Å². The minimum Gasteiger partial charge on any atom is -0.243 e. The highest BCUT2D eigenvalue weighted by Crippen LogP contribution is 2.46. The van der Waals surface area contributed by atoms with E-state index in [-0.39, 0.29) is 23.4 Å². The first-order valence-electron chi connectivity index (χ1n) is 8.18. The van der Waals surface area contributed by atoms with E-state index < -0.39 is 26.2 Å². The van der Waals surface area contributed by atoms with Crippen molar-refractivity contribution in [1.29, 1.82) is 0 Å². The molecule has 1 aliphatic carbocycles. The van der Waals surface area contributed by atoms with Crippen LogP contribution in [-0.2, 0) is 14.6 Å². The number of aromatic nitrogens is 1. The second kappa shape index (κ2) is 7.00. The summed E-state index contributed by atoms with van der Waals surface area (Å²) < 4.78 is 53.8. The lowest BCUT2D eigenvalue weighted by Gasteiger charge is -2.33. The van der Waals surface area contributed by atoms with E-state index in [1.165, 1.54) is 18.3 Å². The Balaban J connectivity index is 2.24. The summed E-state index contributed by atoms with van der Waals surface area (Å²) >= 11 is 5.80. The molecule has 0 amide bonds. The maximum atomic E-state index is 14.6. The molecule has 2 aromatic rings. The van der Waals surface area contributed by atoms with E-state index in [1.807, 2.05) is 0 Å². The summed E-state index contributed by atoms with van der Waals surface area (Å²) in [6.45, 7) is 0. The van der Waals surface area contributed by atoms with Gasteiger partial charge in [0.2, 0.25) is 9.84 Å². The number of hydrogen-bond acceptors (Lipinski definition) is 3. The van der Waals surface area contributed by atoms with E-state index in [2.05, 4.69) is 4.98 Å². The lowest BCUT2D eigenvalue weighted by Crippen LogP contribution is -2.37. The molecule has 0 N–H and O–H groups in total. The monoisotopic (exact) mass is 385 g/mol. The maximum absolute atomic E-state index is 14.6. The molecule has 3 rings (SSSR count). The molecule has 25 heavy (non-hydrogen) atoms. The third-order valence-electron chi connectivity index (χ3n) is 4.82. The zero-order valence-electron chi connectivity index (χ0n) is 13.5. The van der Waals surface area contributed by atoms with Crippen molar-refractivity contribution in [3.8, 4) is 0 Å². The third-order valence-corrected chi connectivity index (χ3v) is 7.49. The Hall–Kier alpha value is -1.53. The first kappa shape index (κ1) is 18.3. The topological polar surface area (TPSA) is 47.0 Å². The molecule has 1 aliphatic rings. The molecule has 1 saturated carbocycles. The second-order valence-corrected chi connectivity index (χ2v) is 8.99. The molecule has 0 aliphatic heterocycles. The Morgan fingerprint density at radius 3 is 2.28 bits per heavy atom. The number of halogens is 3. The van der Waals surface area contributed by atoms with E-state index in [0.717, 1.165) is 31.0 Å². The molecule has 0 unspecified atom stereocenters. The van der Waals surface area contributed by atoms with Crippen LogP contribution in [0.2, 0.25) is 5.02 Å². The maximum Gasteiger partial charge on any atom is 0.205 e. The molecule has 0 bridgehead atoms. The van der Waals surface area contributed by atoms with Crippen LogP contribution in [0.5, 0.6) is 0 Å². The molecule has 7 heteroatoms. The van der Waals surface area contributed by atoms with Crippen molar-refractivity contribution in [2.75, 3.05) is 0 Å². The molecule has 134 valence electrons. The molecule has 0 radical (unpaired) electrons. The van der Waals surface area contributed by atoms with Gasteiger partial charge in [0.1, 0.15) is 16.4 Å². The largest absolute Gasteiger partial charge is 0.243 e. The van der Waals surface area contributed by atoms with Gasteiger partial charge >= 0.3 is 0 Å². The summed E-state index contributed by atoms with van der Waals surface area (Å²) in [6, 6.07) is 5.75. The van der Waals surface area contributed by atoms with Crippen molar-refractivity contribution < 1.29 is 17.2 Å². The Bertz CT molecular complexity index is 861. The summed E-state index contributed by atoms with van der Waals surface area (Å²) in [7, 11) is -4.03. The molecule has 1 aromatic carbocycles. The first-order chi connectivity index (χ1) is 11.9. The lowest BCUT2D eigenvalue weighted by molar-refractivity contribution is 0.445. The number of sulfone groups is 1. The quantitative estimate of drug-likeness (QED) is 0.695. The van der Waals surface area contributed by atoms with E-state index in [1.54, 1.807) is 0 Å². The van der Waals surface area contributed by atoms with Gasteiger partial charge < -0.3 is 0 Å². The van der Waals surface area contributed by atoms with Gasteiger partial charge in [0.05, 0.1) is 5.02 Å². The normalized spacial score (nSPS) is 17.9. The van der Waals surface area contributed by atoms with Crippen molar-refractivity contribution in [2.24, 2.45) is 0 Å². The van der Waals surface area contributed by atoms with Crippen LogP contribution in [0.3, 0.4) is 0 Å². The number of nitrogens with zero attached hydrogens (tertiary/aromatic N) is 1. The molecule has 1 aromatic heterocycles. The van der Waals surface area contributed by atoms with Gasteiger partial charge in [-0.05, 0) is 43.2 Å². The van der Waals surface area contributed by atoms with Crippen LogP contribution >= 0.6 is 11.6 Å². The number of benzene rings is 1. The second-order valence-electron chi connectivity index (χ2n) is 6.35. The summed E-state index contributed by atoms with van der Waals surface area (Å²) in [5.41, 5.74) is -0.105. The number of pyridine rings is 1. The first-order valence-corrected chi connectivity index (χ1v) is 10.0.